The third-order valence-electron chi connectivity index (χ3n) is 2.38. The van der Waals surface area contributed by atoms with E-state index in [2.05, 4.69) is 40.4 Å². The zero-order chi connectivity index (χ0) is 13.7. The second-order valence-corrected chi connectivity index (χ2v) is 7.17. The molecule has 2 aromatic heterocycles. The lowest BCUT2D eigenvalue weighted by atomic mass is 10.2. The van der Waals surface area contributed by atoms with Crippen LogP contribution >= 0.6 is 23.1 Å². The maximum Gasteiger partial charge on any atom is 0.180 e. The van der Waals surface area contributed by atoms with Crippen molar-refractivity contribution in [2.24, 2.45) is 5.92 Å². The molecule has 0 aliphatic carbocycles. The van der Waals surface area contributed by atoms with E-state index in [1.807, 2.05) is 19.2 Å². The zero-order valence-electron chi connectivity index (χ0n) is 11.4. The van der Waals surface area contributed by atoms with Gasteiger partial charge in [0, 0.05) is 12.7 Å². The molecule has 0 aliphatic heterocycles. The number of nitrogens with zero attached hydrogens (tertiary/aromatic N) is 3. The van der Waals surface area contributed by atoms with E-state index in [0.29, 0.717) is 5.92 Å². The third-order valence-corrected chi connectivity index (χ3v) is 4.22. The van der Waals surface area contributed by atoms with Crippen molar-refractivity contribution >= 4 is 23.1 Å². The van der Waals surface area contributed by atoms with Crippen molar-refractivity contribution in [1.82, 2.24) is 20.5 Å². The Labute approximate surface area is 122 Å². The molecule has 19 heavy (non-hydrogen) atoms. The van der Waals surface area contributed by atoms with E-state index in [9.17, 15) is 0 Å². The van der Waals surface area contributed by atoms with E-state index in [4.69, 9.17) is 0 Å². The summed E-state index contributed by atoms with van der Waals surface area (Å²) in [6.45, 7) is 8.26. The number of rotatable bonds is 6. The molecule has 0 saturated heterocycles. The van der Waals surface area contributed by atoms with Gasteiger partial charge in [0.05, 0.1) is 0 Å². The van der Waals surface area contributed by atoms with Crippen LogP contribution in [0, 0.1) is 12.8 Å². The number of aryl methyl sites for hydroxylation is 1. The molecule has 0 amide bonds. The SMILES string of the molecule is Cc1nnc(Sc2ccc(CNCC(C)C)cn2)s1. The normalized spacial score (nSPS) is 11.2. The molecule has 102 valence electrons. The molecule has 0 bridgehead atoms. The molecule has 0 aromatic carbocycles. The lowest BCUT2D eigenvalue weighted by Crippen LogP contribution is -2.18. The van der Waals surface area contributed by atoms with Crippen molar-refractivity contribution in [2.75, 3.05) is 6.54 Å². The highest BCUT2D eigenvalue weighted by molar-refractivity contribution is 8.01. The van der Waals surface area contributed by atoms with Gasteiger partial charge in [-0.3, -0.25) is 0 Å². The fourth-order valence-corrected chi connectivity index (χ4v) is 3.19. The van der Waals surface area contributed by atoms with Crippen LogP contribution in [-0.2, 0) is 6.54 Å². The van der Waals surface area contributed by atoms with Crippen molar-refractivity contribution in [3.05, 3.63) is 28.9 Å². The highest BCUT2D eigenvalue weighted by Gasteiger charge is 2.04. The van der Waals surface area contributed by atoms with Crippen LogP contribution in [-0.4, -0.2) is 21.7 Å². The van der Waals surface area contributed by atoms with Crippen LogP contribution in [0.5, 0.6) is 0 Å². The Morgan fingerprint density at radius 1 is 1.32 bits per heavy atom. The number of pyridine rings is 1. The van der Waals surface area contributed by atoms with E-state index >= 15 is 0 Å². The molecule has 2 heterocycles. The fraction of sp³-hybridized carbons (Fsp3) is 0.462. The summed E-state index contributed by atoms with van der Waals surface area (Å²) in [6.07, 6.45) is 1.92. The van der Waals surface area contributed by atoms with E-state index < -0.39 is 0 Å². The maximum atomic E-state index is 4.44. The van der Waals surface area contributed by atoms with E-state index in [1.165, 1.54) is 5.56 Å². The average Bonchev–Trinajstić information content (AvgIpc) is 2.77. The minimum absolute atomic E-state index is 0.670. The first-order valence-corrected chi connectivity index (χ1v) is 7.90. The molecule has 2 rings (SSSR count). The molecule has 4 nitrogen and oxygen atoms in total. The van der Waals surface area contributed by atoms with Gasteiger partial charge in [-0.25, -0.2) is 4.98 Å². The minimum Gasteiger partial charge on any atom is -0.312 e. The van der Waals surface area contributed by atoms with Gasteiger partial charge in [-0.1, -0.05) is 31.3 Å². The molecule has 0 radical (unpaired) electrons. The molecular weight excluding hydrogens is 276 g/mol. The van der Waals surface area contributed by atoms with Crippen LogP contribution < -0.4 is 5.32 Å². The molecule has 0 unspecified atom stereocenters. The molecule has 0 saturated carbocycles. The molecule has 0 spiro atoms. The number of hydrogen-bond acceptors (Lipinski definition) is 6. The smallest absolute Gasteiger partial charge is 0.180 e. The summed E-state index contributed by atoms with van der Waals surface area (Å²) in [6, 6.07) is 4.14. The van der Waals surface area contributed by atoms with Gasteiger partial charge in [0.2, 0.25) is 0 Å². The Morgan fingerprint density at radius 2 is 2.16 bits per heavy atom. The minimum atomic E-state index is 0.670. The molecular formula is C13H18N4S2. The molecule has 0 atom stereocenters. The molecule has 1 N–H and O–H groups in total. The van der Waals surface area contributed by atoms with Gasteiger partial charge in [0.15, 0.2) is 4.34 Å². The van der Waals surface area contributed by atoms with Crippen LogP contribution in [0.1, 0.15) is 24.4 Å². The van der Waals surface area contributed by atoms with Crippen LogP contribution in [0.2, 0.25) is 0 Å². The van der Waals surface area contributed by atoms with Crippen molar-refractivity contribution in [1.29, 1.82) is 0 Å². The molecule has 2 aromatic rings. The first kappa shape index (κ1) is 14.4. The van der Waals surface area contributed by atoms with Crippen LogP contribution in [0.3, 0.4) is 0 Å². The van der Waals surface area contributed by atoms with Gasteiger partial charge in [0.25, 0.3) is 0 Å². The summed E-state index contributed by atoms with van der Waals surface area (Å²) in [5, 5.41) is 13.4. The van der Waals surface area contributed by atoms with Crippen molar-refractivity contribution in [3.8, 4) is 0 Å². The monoisotopic (exact) mass is 294 g/mol. The Morgan fingerprint density at radius 3 is 2.74 bits per heavy atom. The zero-order valence-corrected chi connectivity index (χ0v) is 13.0. The number of hydrogen-bond donors (Lipinski definition) is 1. The third kappa shape index (κ3) is 4.89. The molecule has 0 aliphatic rings. The Kier molecular flexibility index (Phi) is 5.30. The first-order valence-electron chi connectivity index (χ1n) is 6.27. The Bertz CT molecular complexity index is 508. The van der Waals surface area contributed by atoms with Crippen molar-refractivity contribution < 1.29 is 0 Å². The largest absolute Gasteiger partial charge is 0.312 e. The summed E-state index contributed by atoms with van der Waals surface area (Å²) in [7, 11) is 0. The quantitative estimate of drug-likeness (QED) is 0.887. The standard InChI is InChI=1S/C13H18N4S2/c1-9(2)6-14-7-11-4-5-12(15-8-11)19-13-17-16-10(3)18-13/h4-5,8-9,14H,6-7H2,1-3H3. The van der Waals surface area contributed by atoms with E-state index in [-0.39, 0.29) is 0 Å². The van der Waals surface area contributed by atoms with Crippen LogP contribution in [0.25, 0.3) is 0 Å². The number of nitrogens with one attached hydrogen (secondary N) is 1. The van der Waals surface area contributed by atoms with Gasteiger partial charge in [-0.15, -0.1) is 10.2 Å². The second-order valence-electron chi connectivity index (χ2n) is 4.72. The second kappa shape index (κ2) is 6.98. The molecule has 0 fully saturated rings. The predicted molar refractivity (Wildman–Crippen MR) is 79.6 cm³/mol. The Balaban J connectivity index is 1.87. The predicted octanol–water partition coefficient (Wildman–Crippen LogP) is 3.14. The summed E-state index contributed by atoms with van der Waals surface area (Å²) < 4.78 is 0.940. The topological polar surface area (TPSA) is 50.7 Å². The highest BCUT2D eigenvalue weighted by Crippen LogP contribution is 2.28. The highest BCUT2D eigenvalue weighted by atomic mass is 32.2. The summed E-state index contributed by atoms with van der Waals surface area (Å²) in [5.41, 5.74) is 1.21. The average molecular weight is 294 g/mol. The summed E-state index contributed by atoms with van der Waals surface area (Å²) in [5.74, 6) is 0.670. The number of aromatic nitrogens is 3. The lowest BCUT2D eigenvalue weighted by molar-refractivity contribution is 0.551. The summed E-state index contributed by atoms with van der Waals surface area (Å²) in [4.78, 5) is 4.44. The first-order chi connectivity index (χ1) is 9.13. The lowest BCUT2D eigenvalue weighted by Gasteiger charge is -2.07. The van der Waals surface area contributed by atoms with Crippen molar-refractivity contribution in [2.45, 2.75) is 36.7 Å². The van der Waals surface area contributed by atoms with Gasteiger partial charge in [-0.2, -0.15) is 0 Å². The Hall–Kier alpha value is -0.980. The molecule has 6 heteroatoms. The fourth-order valence-electron chi connectivity index (χ4n) is 1.49. The maximum absolute atomic E-state index is 4.44. The summed E-state index contributed by atoms with van der Waals surface area (Å²) >= 11 is 3.15. The van der Waals surface area contributed by atoms with Gasteiger partial charge < -0.3 is 5.32 Å². The van der Waals surface area contributed by atoms with Gasteiger partial charge in [0.1, 0.15) is 10.0 Å². The van der Waals surface area contributed by atoms with E-state index in [1.54, 1.807) is 23.1 Å². The van der Waals surface area contributed by atoms with Gasteiger partial charge in [-0.05, 0) is 42.8 Å². The van der Waals surface area contributed by atoms with Crippen LogP contribution in [0.4, 0.5) is 0 Å². The van der Waals surface area contributed by atoms with Crippen molar-refractivity contribution in [3.63, 3.8) is 0 Å². The van der Waals surface area contributed by atoms with Gasteiger partial charge >= 0.3 is 0 Å². The van der Waals surface area contributed by atoms with Crippen LogP contribution in [0.15, 0.2) is 27.7 Å². The van der Waals surface area contributed by atoms with E-state index in [0.717, 1.165) is 27.5 Å².